The Morgan fingerprint density at radius 1 is 1.00 bits per heavy atom. The van der Waals surface area contributed by atoms with Crippen LogP contribution in [-0.4, -0.2) is 49.9 Å². The van der Waals surface area contributed by atoms with E-state index in [1.807, 2.05) is 68.4 Å². The summed E-state index contributed by atoms with van der Waals surface area (Å²) in [6.07, 6.45) is 3.75. The number of nitrogens with two attached hydrogens (primary N) is 1. The summed E-state index contributed by atoms with van der Waals surface area (Å²) in [7, 11) is -3.55. The van der Waals surface area contributed by atoms with E-state index in [4.69, 9.17) is 21.3 Å². The first-order valence-corrected chi connectivity index (χ1v) is 15.3. The first kappa shape index (κ1) is 32.5. The van der Waals surface area contributed by atoms with E-state index in [-0.39, 0.29) is 48.5 Å². The van der Waals surface area contributed by atoms with E-state index < -0.39 is 10.0 Å². The Labute approximate surface area is 255 Å². The molecular weight excluding hydrogens is 581 g/mol. The standard InChI is InChI=1S/C30H37N5O3S.2ClH/c1-3-4-15-39(36,37)35-28-10-9-27(38-26-11-13-34(14-12-26)20(2)31)18-25(28)19-29(35)22-7-5-21-6-8-23(30(32)33)17-24(21)16-22;;/h5-10,16-18,26,29,31H,3-4,11-15,19H2,1-2H3,(H3,32,33);2*1H. The molecule has 1 saturated heterocycles. The number of nitrogens with one attached hydrogen (secondary N) is 2. The highest BCUT2D eigenvalue weighted by Gasteiger charge is 2.38. The number of unbranched alkanes of at least 4 members (excludes halogenated alkanes) is 1. The number of hydrogen-bond donors (Lipinski definition) is 3. The van der Waals surface area contributed by atoms with Gasteiger partial charge in [0.25, 0.3) is 0 Å². The molecule has 3 aromatic rings. The molecule has 8 nitrogen and oxygen atoms in total. The summed E-state index contributed by atoms with van der Waals surface area (Å²) in [6, 6.07) is 17.1. The van der Waals surface area contributed by atoms with E-state index in [0.29, 0.717) is 24.2 Å². The maximum absolute atomic E-state index is 13.7. The smallest absolute Gasteiger partial charge is 0.235 e. The average Bonchev–Trinajstić information content (AvgIpc) is 3.31. The molecule has 1 atom stereocenters. The Bertz CT molecular complexity index is 1520. The van der Waals surface area contributed by atoms with E-state index in [0.717, 1.165) is 65.7 Å². The summed E-state index contributed by atoms with van der Waals surface area (Å²) < 4.78 is 35.3. The van der Waals surface area contributed by atoms with Gasteiger partial charge in [-0.15, -0.1) is 24.8 Å². The molecule has 2 heterocycles. The lowest BCUT2D eigenvalue weighted by molar-refractivity contribution is 0.130. The molecule has 11 heteroatoms. The summed E-state index contributed by atoms with van der Waals surface area (Å²) in [5.74, 6) is 1.46. The zero-order valence-corrected chi connectivity index (χ0v) is 25.9. The number of hydrogen-bond acceptors (Lipinski definition) is 5. The zero-order chi connectivity index (χ0) is 27.7. The van der Waals surface area contributed by atoms with E-state index in [2.05, 4.69) is 4.90 Å². The van der Waals surface area contributed by atoms with Crippen LogP contribution in [0.25, 0.3) is 10.8 Å². The number of nitrogen functional groups attached to an aromatic ring is 1. The number of rotatable bonds is 8. The molecule has 0 spiro atoms. The summed E-state index contributed by atoms with van der Waals surface area (Å²) in [5.41, 5.74) is 8.96. The molecule has 0 bridgehead atoms. The van der Waals surface area contributed by atoms with Crippen molar-refractivity contribution in [3.8, 4) is 5.75 Å². The summed E-state index contributed by atoms with van der Waals surface area (Å²) >= 11 is 0. The monoisotopic (exact) mass is 619 g/mol. The molecule has 0 aliphatic carbocycles. The number of fused-ring (bicyclic) bond motifs is 2. The minimum Gasteiger partial charge on any atom is -0.490 e. The third-order valence-electron chi connectivity index (χ3n) is 7.82. The fraction of sp³-hybridized carbons (Fsp3) is 0.400. The van der Waals surface area contributed by atoms with Crippen LogP contribution in [0, 0.1) is 10.8 Å². The molecule has 0 saturated carbocycles. The van der Waals surface area contributed by atoms with Gasteiger partial charge in [-0.3, -0.25) is 15.1 Å². The summed E-state index contributed by atoms with van der Waals surface area (Å²) in [4.78, 5) is 2.06. The van der Waals surface area contributed by atoms with Crippen molar-refractivity contribution in [3.63, 3.8) is 0 Å². The molecule has 2 aliphatic heterocycles. The predicted molar refractivity (Wildman–Crippen MR) is 172 cm³/mol. The topological polar surface area (TPSA) is 124 Å². The minimum absolute atomic E-state index is 0. The minimum atomic E-state index is -3.55. The SMILES string of the molecule is CCCCS(=O)(=O)N1c2ccc(OC3CCN(C(C)=N)CC3)cc2CC1c1ccc2ccc(C(=N)N)cc2c1.Cl.Cl. The number of ether oxygens (including phenoxy) is 1. The molecule has 3 aromatic carbocycles. The summed E-state index contributed by atoms with van der Waals surface area (Å²) in [5, 5.41) is 17.6. The van der Waals surface area contributed by atoms with Crippen molar-refractivity contribution in [1.29, 1.82) is 10.8 Å². The molecule has 1 unspecified atom stereocenters. The van der Waals surface area contributed by atoms with Crippen LogP contribution < -0.4 is 14.8 Å². The van der Waals surface area contributed by atoms with Gasteiger partial charge in [0.2, 0.25) is 10.0 Å². The number of sulfonamides is 1. The van der Waals surface area contributed by atoms with E-state index >= 15 is 0 Å². The van der Waals surface area contributed by atoms with Gasteiger partial charge in [-0.05, 0) is 65.6 Å². The maximum Gasteiger partial charge on any atom is 0.235 e. The van der Waals surface area contributed by atoms with Crippen molar-refractivity contribution in [1.82, 2.24) is 4.90 Å². The normalized spacial score (nSPS) is 17.0. The third kappa shape index (κ3) is 6.90. The average molecular weight is 621 g/mol. The lowest BCUT2D eigenvalue weighted by Crippen LogP contribution is -2.40. The Hall–Kier alpha value is -3.01. The van der Waals surface area contributed by atoms with Crippen LogP contribution in [0.1, 0.15) is 62.3 Å². The molecule has 0 amide bonds. The van der Waals surface area contributed by atoms with Crippen molar-refractivity contribution in [2.75, 3.05) is 23.1 Å². The zero-order valence-electron chi connectivity index (χ0n) is 23.4. The number of halogens is 2. The molecular formula is C30H39Cl2N5O3S. The lowest BCUT2D eigenvalue weighted by Gasteiger charge is -2.33. The van der Waals surface area contributed by atoms with Crippen LogP contribution in [0.3, 0.4) is 0 Å². The maximum atomic E-state index is 13.7. The molecule has 41 heavy (non-hydrogen) atoms. The van der Waals surface area contributed by atoms with Gasteiger partial charge in [0.1, 0.15) is 17.7 Å². The first-order chi connectivity index (χ1) is 18.7. The summed E-state index contributed by atoms with van der Waals surface area (Å²) in [6.45, 7) is 5.43. The fourth-order valence-electron chi connectivity index (χ4n) is 5.64. The predicted octanol–water partition coefficient (Wildman–Crippen LogP) is 6.04. The Kier molecular flexibility index (Phi) is 10.6. The van der Waals surface area contributed by atoms with Gasteiger partial charge in [0.05, 0.1) is 23.3 Å². The van der Waals surface area contributed by atoms with Crippen LogP contribution in [-0.2, 0) is 16.4 Å². The van der Waals surface area contributed by atoms with E-state index in [1.165, 1.54) is 0 Å². The second kappa shape index (κ2) is 13.3. The van der Waals surface area contributed by atoms with Crippen molar-refractivity contribution in [2.24, 2.45) is 5.73 Å². The second-order valence-corrected chi connectivity index (χ2v) is 12.6. The number of likely N-dealkylation sites (tertiary alicyclic amines) is 1. The van der Waals surface area contributed by atoms with Gasteiger partial charge in [-0.25, -0.2) is 8.42 Å². The van der Waals surface area contributed by atoms with Gasteiger partial charge in [0, 0.05) is 37.9 Å². The Morgan fingerprint density at radius 3 is 2.37 bits per heavy atom. The number of piperidine rings is 1. The number of amidine groups is 2. The van der Waals surface area contributed by atoms with E-state index in [1.54, 1.807) is 4.31 Å². The quantitative estimate of drug-likeness (QED) is 0.209. The highest BCUT2D eigenvalue weighted by molar-refractivity contribution is 7.92. The first-order valence-electron chi connectivity index (χ1n) is 13.7. The van der Waals surface area contributed by atoms with Crippen molar-refractivity contribution in [2.45, 2.75) is 58.1 Å². The van der Waals surface area contributed by atoms with Crippen LogP contribution in [0.2, 0.25) is 0 Å². The lowest BCUT2D eigenvalue weighted by atomic mass is 9.98. The van der Waals surface area contributed by atoms with Crippen LogP contribution >= 0.6 is 24.8 Å². The number of anilines is 1. The van der Waals surface area contributed by atoms with Gasteiger partial charge >= 0.3 is 0 Å². The molecule has 2 aliphatic rings. The molecule has 5 rings (SSSR count). The highest BCUT2D eigenvalue weighted by Crippen LogP contribution is 2.44. The van der Waals surface area contributed by atoms with Crippen molar-refractivity contribution >= 4 is 63.0 Å². The molecule has 222 valence electrons. The van der Waals surface area contributed by atoms with Gasteiger partial charge in [-0.1, -0.05) is 37.6 Å². The second-order valence-electron chi connectivity index (χ2n) is 10.6. The molecule has 0 aromatic heterocycles. The molecule has 4 N–H and O–H groups in total. The fourth-order valence-corrected chi connectivity index (χ4v) is 7.55. The number of benzene rings is 3. The third-order valence-corrected chi connectivity index (χ3v) is 9.67. The van der Waals surface area contributed by atoms with Crippen LogP contribution in [0.5, 0.6) is 5.75 Å². The van der Waals surface area contributed by atoms with Crippen molar-refractivity contribution in [3.05, 3.63) is 71.3 Å². The van der Waals surface area contributed by atoms with Gasteiger partial charge in [0.15, 0.2) is 0 Å². The molecule has 1 fully saturated rings. The van der Waals surface area contributed by atoms with Gasteiger partial charge < -0.3 is 15.4 Å². The van der Waals surface area contributed by atoms with Gasteiger partial charge in [-0.2, -0.15) is 0 Å². The van der Waals surface area contributed by atoms with E-state index in [9.17, 15) is 8.42 Å². The van der Waals surface area contributed by atoms with Crippen molar-refractivity contribution < 1.29 is 13.2 Å². The Balaban J connectivity index is 0.00000231. The molecule has 0 radical (unpaired) electrons. The van der Waals surface area contributed by atoms with Crippen LogP contribution in [0.4, 0.5) is 5.69 Å². The van der Waals surface area contributed by atoms with Crippen LogP contribution in [0.15, 0.2) is 54.6 Å². The highest BCUT2D eigenvalue weighted by atomic mass is 35.5. The Morgan fingerprint density at radius 2 is 1.71 bits per heavy atom. The number of nitrogens with zero attached hydrogens (tertiary/aromatic N) is 2. The largest absolute Gasteiger partial charge is 0.490 e.